The van der Waals surface area contributed by atoms with Gasteiger partial charge in [-0.2, -0.15) is 0 Å². The van der Waals surface area contributed by atoms with Crippen LogP contribution in [0, 0.1) is 0 Å². The van der Waals surface area contributed by atoms with E-state index in [0.717, 1.165) is 8.48 Å². The molecule has 0 aliphatic heterocycles. The first-order valence-electron chi connectivity index (χ1n) is 3.03. The quantitative estimate of drug-likeness (QED) is 0.597. The van der Waals surface area contributed by atoms with Gasteiger partial charge in [0.05, 0.1) is 8.26 Å². The van der Waals surface area contributed by atoms with Crippen molar-refractivity contribution in [3.05, 3.63) is 18.7 Å². The zero-order valence-corrected chi connectivity index (χ0v) is 9.69. The number of nitrogens with zero attached hydrogens (tertiary/aromatic N) is 2. The molecule has 0 aliphatic rings. The fourth-order valence-electron chi connectivity index (χ4n) is 0.666. The van der Waals surface area contributed by atoms with Crippen molar-refractivity contribution in [2.75, 3.05) is 0 Å². The molecule has 0 fully saturated rings. The second-order valence-electron chi connectivity index (χ2n) is 1.98. The summed E-state index contributed by atoms with van der Waals surface area (Å²) in [6, 6.07) is 0. The van der Waals surface area contributed by atoms with Crippen LogP contribution < -0.4 is 0 Å². The van der Waals surface area contributed by atoms with Gasteiger partial charge in [-0.1, -0.05) is 45.2 Å². The van der Waals surface area contributed by atoms with Crippen molar-refractivity contribution >= 4 is 45.2 Å². The minimum Gasteiger partial charge on any atom is -0.337 e. The van der Waals surface area contributed by atoms with E-state index in [1.54, 1.807) is 0 Å². The molecule has 1 heterocycles. The molecule has 0 unspecified atom stereocenters. The first-order chi connectivity index (χ1) is 4.79. The van der Waals surface area contributed by atoms with Crippen molar-refractivity contribution in [2.24, 2.45) is 0 Å². The van der Waals surface area contributed by atoms with Gasteiger partial charge in [-0.3, -0.25) is 0 Å². The first kappa shape index (κ1) is 8.76. The molecule has 1 aromatic heterocycles. The standard InChI is InChI=1S/C6H8I2N2/c7-6(8)1-3-10-4-2-9-5-10/h2,4-6H,1,3H2. The van der Waals surface area contributed by atoms with E-state index in [4.69, 9.17) is 0 Å². The molecule has 0 saturated heterocycles. The van der Waals surface area contributed by atoms with Crippen LogP contribution in [0.2, 0.25) is 0 Å². The van der Waals surface area contributed by atoms with Gasteiger partial charge in [0.25, 0.3) is 0 Å². The van der Waals surface area contributed by atoms with E-state index >= 15 is 0 Å². The van der Waals surface area contributed by atoms with E-state index in [-0.39, 0.29) is 0 Å². The summed E-state index contributed by atoms with van der Waals surface area (Å²) in [6.07, 6.45) is 6.87. The Morgan fingerprint density at radius 3 is 2.80 bits per heavy atom. The average molecular weight is 362 g/mol. The van der Waals surface area contributed by atoms with Gasteiger partial charge in [0.1, 0.15) is 0 Å². The molecule has 1 aromatic rings. The predicted molar refractivity (Wildman–Crippen MR) is 58.7 cm³/mol. The molecule has 0 spiro atoms. The Kier molecular flexibility index (Phi) is 3.97. The minimum absolute atomic E-state index is 0.720. The summed E-state index contributed by atoms with van der Waals surface area (Å²) in [6.45, 7) is 1.08. The van der Waals surface area contributed by atoms with Crippen LogP contribution in [0.25, 0.3) is 0 Å². The Labute approximate surface area is 87.7 Å². The molecule has 10 heavy (non-hydrogen) atoms. The molecule has 56 valence electrons. The Morgan fingerprint density at radius 1 is 1.50 bits per heavy atom. The summed E-state index contributed by atoms with van der Waals surface area (Å²) in [4.78, 5) is 3.96. The third-order valence-corrected chi connectivity index (χ3v) is 2.41. The number of imidazole rings is 1. The Balaban J connectivity index is 2.28. The highest BCUT2D eigenvalue weighted by atomic mass is 127. The molecule has 0 N–H and O–H groups in total. The van der Waals surface area contributed by atoms with Crippen LogP contribution in [-0.2, 0) is 6.54 Å². The van der Waals surface area contributed by atoms with Crippen LogP contribution >= 0.6 is 45.2 Å². The second kappa shape index (κ2) is 4.53. The summed E-state index contributed by atoms with van der Waals surface area (Å²) < 4.78 is 2.82. The van der Waals surface area contributed by atoms with Crippen molar-refractivity contribution < 1.29 is 0 Å². The van der Waals surface area contributed by atoms with Crippen LogP contribution in [0.3, 0.4) is 0 Å². The third-order valence-electron chi connectivity index (χ3n) is 1.16. The predicted octanol–water partition coefficient (Wildman–Crippen LogP) is 2.47. The molecule has 0 aromatic carbocycles. The SMILES string of the molecule is IC(I)CCn1ccnc1. The Morgan fingerprint density at radius 2 is 2.30 bits per heavy atom. The smallest absolute Gasteiger partial charge is 0.0945 e. The largest absolute Gasteiger partial charge is 0.337 e. The highest BCUT2D eigenvalue weighted by Crippen LogP contribution is 2.14. The Bertz CT molecular complexity index is 172. The van der Waals surface area contributed by atoms with Crippen LogP contribution in [-0.4, -0.2) is 11.5 Å². The zero-order valence-electron chi connectivity index (χ0n) is 5.37. The van der Waals surface area contributed by atoms with Crippen molar-refractivity contribution in [3.8, 4) is 0 Å². The molecule has 0 atom stereocenters. The van der Waals surface area contributed by atoms with Gasteiger partial charge in [0.15, 0.2) is 0 Å². The monoisotopic (exact) mass is 362 g/mol. The zero-order chi connectivity index (χ0) is 7.40. The van der Waals surface area contributed by atoms with Crippen molar-refractivity contribution in [1.29, 1.82) is 0 Å². The lowest BCUT2D eigenvalue weighted by atomic mass is 10.5. The Hall–Kier alpha value is 0.670. The van der Waals surface area contributed by atoms with E-state index in [0.29, 0.717) is 0 Å². The summed E-state index contributed by atoms with van der Waals surface area (Å²) >= 11 is 4.84. The number of halogens is 2. The normalized spacial score (nSPS) is 10.7. The van der Waals surface area contributed by atoms with Gasteiger partial charge in [0, 0.05) is 18.9 Å². The summed E-state index contributed by atoms with van der Waals surface area (Å²) in [5.74, 6) is 0. The van der Waals surface area contributed by atoms with Gasteiger partial charge >= 0.3 is 0 Å². The summed E-state index contributed by atoms with van der Waals surface area (Å²) in [7, 11) is 0. The molecule has 0 saturated carbocycles. The molecule has 4 heteroatoms. The van der Waals surface area contributed by atoms with E-state index < -0.39 is 0 Å². The van der Waals surface area contributed by atoms with Crippen LogP contribution in [0.5, 0.6) is 0 Å². The number of hydrogen-bond acceptors (Lipinski definition) is 1. The molecule has 0 bridgehead atoms. The minimum atomic E-state index is 0.720. The van der Waals surface area contributed by atoms with Gasteiger partial charge in [-0.25, -0.2) is 4.98 Å². The summed E-state index contributed by atoms with van der Waals surface area (Å²) in [5, 5.41) is 0. The summed E-state index contributed by atoms with van der Waals surface area (Å²) in [5.41, 5.74) is 0. The first-order valence-corrected chi connectivity index (χ1v) is 5.52. The van der Waals surface area contributed by atoms with Crippen LogP contribution in [0.15, 0.2) is 18.7 Å². The lowest BCUT2D eigenvalue weighted by Crippen LogP contribution is -1.97. The van der Waals surface area contributed by atoms with Gasteiger partial charge in [-0.15, -0.1) is 0 Å². The molecule has 0 aliphatic carbocycles. The lowest BCUT2D eigenvalue weighted by Gasteiger charge is -2.01. The van der Waals surface area contributed by atoms with Gasteiger partial charge < -0.3 is 4.57 Å². The van der Waals surface area contributed by atoms with E-state index in [2.05, 4.69) is 54.7 Å². The fraction of sp³-hybridized carbons (Fsp3) is 0.500. The number of alkyl halides is 2. The molecule has 0 radical (unpaired) electrons. The number of rotatable bonds is 3. The maximum Gasteiger partial charge on any atom is 0.0945 e. The number of hydrogen-bond donors (Lipinski definition) is 0. The molecule has 0 amide bonds. The number of aromatic nitrogens is 2. The van der Waals surface area contributed by atoms with Crippen LogP contribution in [0.4, 0.5) is 0 Å². The molecule has 2 nitrogen and oxygen atoms in total. The topological polar surface area (TPSA) is 17.8 Å². The fourth-order valence-corrected chi connectivity index (χ4v) is 1.22. The van der Waals surface area contributed by atoms with Crippen molar-refractivity contribution in [2.45, 2.75) is 14.9 Å². The van der Waals surface area contributed by atoms with E-state index in [1.807, 2.05) is 18.7 Å². The molecular formula is C6H8I2N2. The second-order valence-corrected chi connectivity index (χ2v) is 7.37. The lowest BCUT2D eigenvalue weighted by molar-refractivity contribution is 0.683. The maximum atomic E-state index is 3.96. The highest BCUT2D eigenvalue weighted by Gasteiger charge is 1.96. The third kappa shape index (κ3) is 3.18. The van der Waals surface area contributed by atoms with Crippen molar-refractivity contribution in [3.63, 3.8) is 0 Å². The van der Waals surface area contributed by atoms with Gasteiger partial charge in [0.2, 0.25) is 0 Å². The highest BCUT2D eigenvalue weighted by molar-refractivity contribution is 14.2. The number of aryl methyl sites for hydroxylation is 1. The van der Waals surface area contributed by atoms with Crippen LogP contribution in [0.1, 0.15) is 6.42 Å². The van der Waals surface area contributed by atoms with E-state index in [1.165, 1.54) is 6.42 Å². The van der Waals surface area contributed by atoms with Gasteiger partial charge in [-0.05, 0) is 6.42 Å². The average Bonchev–Trinajstić information content (AvgIpc) is 2.34. The molecular weight excluding hydrogens is 354 g/mol. The van der Waals surface area contributed by atoms with Crippen molar-refractivity contribution in [1.82, 2.24) is 9.55 Å². The molecule has 1 rings (SSSR count). The maximum absolute atomic E-state index is 3.96. The van der Waals surface area contributed by atoms with E-state index in [9.17, 15) is 0 Å².